The van der Waals surface area contributed by atoms with E-state index in [4.69, 9.17) is 15.2 Å². The van der Waals surface area contributed by atoms with Crippen molar-refractivity contribution in [3.63, 3.8) is 0 Å². The Hall–Kier alpha value is -1.55. The summed E-state index contributed by atoms with van der Waals surface area (Å²) in [7, 11) is 0. The molecule has 0 aliphatic rings. The second-order valence-corrected chi connectivity index (χ2v) is 3.18. The Kier molecular flexibility index (Phi) is 4.63. The van der Waals surface area contributed by atoms with Gasteiger partial charge in [0.25, 0.3) is 0 Å². The van der Waals surface area contributed by atoms with Crippen molar-refractivity contribution in [2.75, 3.05) is 25.6 Å². The molecule has 0 aliphatic carbocycles. The van der Waals surface area contributed by atoms with Gasteiger partial charge >= 0.3 is 0 Å². The van der Waals surface area contributed by atoms with E-state index in [1.807, 2.05) is 12.1 Å². The van der Waals surface area contributed by atoms with Crippen molar-refractivity contribution in [1.29, 1.82) is 0 Å². The molecule has 4 heteroatoms. The lowest BCUT2D eigenvalue weighted by Gasteiger charge is -2.06. The zero-order chi connectivity index (χ0) is 11.1. The quantitative estimate of drug-likeness (QED) is 0.566. The topological polar surface area (TPSA) is 61.5 Å². The van der Waals surface area contributed by atoms with Gasteiger partial charge in [0.2, 0.25) is 0 Å². The van der Waals surface area contributed by atoms with Crippen molar-refractivity contribution >= 4 is 11.5 Å². The van der Waals surface area contributed by atoms with Crippen LogP contribution in [-0.2, 0) is 9.53 Å². The van der Waals surface area contributed by atoms with Crippen LogP contribution >= 0.6 is 0 Å². The SMILES string of the molecule is CC(=O)COCCOc1cccc(N)c1. The van der Waals surface area contributed by atoms with Gasteiger partial charge in [-0.15, -0.1) is 0 Å². The van der Waals surface area contributed by atoms with Crippen molar-refractivity contribution in [2.24, 2.45) is 0 Å². The van der Waals surface area contributed by atoms with E-state index < -0.39 is 0 Å². The fraction of sp³-hybridized carbons (Fsp3) is 0.364. The Morgan fingerprint density at radius 1 is 1.40 bits per heavy atom. The summed E-state index contributed by atoms with van der Waals surface area (Å²) >= 11 is 0. The third-order valence-corrected chi connectivity index (χ3v) is 1.66. The minimum absolute atomic E-state index is 0.0129. The van der Waals surface area contributed by atoms with E-state index in [9.17, 15) is 4.79 Å². The summed E-state index contributed by atoms with van der Waals surface area (Å²) in [5.74, 6) is 0.723. The molecule has 0 amide bonds. The molecular formula is C11H15NO3. The second kappa shape index (κ2) is 6.03. The van der Waals surface area contributed by atoms with Crippen LogP contribution in [-0.4, -0.2) is 25.6 Å². The maximum absolute atomic E-state index is 10.5. The number of ketones is 1. The summed E-state index contributed by atoms with van der Waals surface area (Å²) in [6.07, 6.45) is 0. The largest absolute Gasteiger partial charge is 0.491 e. The average Bonchev–Trinajstić information content (AvgIpc) is 2.17. The van der Waals surface area contributed by atoms with Gasteiger partial charge in [0, 0.05) is 11.8 Å². The van der Waals surface area contributed by atoms with E-state index >= 15 is 0 Å². The lowest BCUT2D eigenvalue weighted by Crippen LogP contribution is -2.11. The zero-order valence-corrected chi connectivity index (χ0v) is 8.73. The summed E-state index contributed by atoms with van der Waals surface area (Å²) in [5.41, 5.74) is 6.24. The van der Waals surface area contributed by atoms with Gasteiger partial charge in [0.05, 0.1) is 6.61 Å². The number of carbonyl (C=O) groups is 1. The predicted molar refractivity (Wildman–Crippen MR) is 57.8 cm³/mol. The Balaban J connectivity index is 2.17. The first-order valence-electron chi connectivity index (χ1n) is 4.74. The Labute approximate surface area is 89.0 Å². The van der Waals surface area contributed by atoms with E-state index in [1.54, 1.807) is 12.1 Å². The number of nitrogen functional groups attached to an aromatic ring is 1. The molecule has 2 N–H and O–H groups in total. The molecule has 0 spiro atoms. The van der Waals surface area contributed by atoms with Crippen LogP contribution in [0.15, 0.2) is 24.3 Å². The second-order valence-electron chi connectivity index (χ2n) is 3.18. The molecule has 1 aromatic carbocycles. The van der Waals surface area contributed by atoms with Crippen LogP contribution in [0.3, 0.4) is 0 Å². The molecule has 0 bridgehead atoms. The summed E-state index contributed by atoms with van der Waals surface area (Å²) in [6, 6.07) is 7.17. The first kappa shape index (κ1) is 11.5. The minimum Gasteiger partial charge on any atom is -0.491 e. The molecule has 1 rings (SSSR count). The minimum atomic E-state index is 0.0129. The molecule has 0 saturated heterocycles. The number of hydrogen-bond acceptors (Lipinski definition) is 4. The molecule has 0 saturated carbocycles. The maximum atomic E-state index is 10.5. The van der Waals surface area contributed by atoms with Crippen molar-refractivity contribution in [1.82, 2.24) is 0 Å². The van der Waals surface area contributed by atoms with Crippen LogP contribution in [0.2, 0.25) is 0 Å². The average molecular weight is 209 g/mol. The smallest absolute Gasteiger partial charge is 0.155 e. The molecule has 82 valence electrons. The third kappa shape index (κ3) is 5.02. The van der Waals surface area contributed by atoms with Crippen molar-refractivity contribution in [3.8, 4) is 5.75 Å². The molecule has 15 heavy (non-hydrogen) atoms. The first-order chi connectivity index (χ1) is 7.18. The van der Waals surface area contributed by atoms with Crippen LogP contribution in [0.4, 0.5) is 5.69 Å². The molecule has 0 radical (unpaired) electrons. The Morgan fingerprint density at radius 2 is 2.20 bits per heavy atom. The van der Waals surface area contributed by atoms with Gasteiger partial charge in [-0.05, 0) is 19.1 Å². The number of anilines is 1. The molecule has 0 atom stereocenters. The van der Waals surface area contributed by atoms with Crippen LogP contribution in [0.5, 0.6) is 5.75 Å². The van der Waals surface area contributed by atoms with Gasteiger partial charge in [-0.2, -0.15) is 0 Å². The van der Waals surface area contributed by atoms with Crippen LogP contribution in [0.1, 0.15) is 6.92 Å². The van der Waals surface area contributed by atoms with E-state index in [1.165, 1.54) is 6.92 Å². The fourth-order valence-electron chi connectivity index (χ4n) is 1.04. The van der Waals surface area contributed by atoms with Gasteiger partial charge in [-0.1, -0.05) is 6.07 Å². The van der Waals surface area contributed by atoms with Crippen molar-refractivity contribution < 1.29 is 14.3 Å². The molecule has 0 heterocycles. The number of ether oxygens (including phenoxy) is 2. The van der Waals surface area contributed by atoms with Gasteiger partial charge in [-0.3, -0.25) is 4.79 Å². The van der Waals surface area contributed by atoms with Gasteiger partial charge < -0.3 is 15.2 Å². The Bertz CT molecular complexity index is 325. The number of benzene rings is 1. The summed E-state index contributed by atoms with van der Waals surface area (Å²) in [4.78, 5) is 10.5. The maximum Gasteiger partial charge on any atom is 0.155 e. The standard InChI is InChI=1S/C11H15NO3/c1-9(13)8-14-5-6-15-11-4-2-3-10(12)7-11/h2-4,7H,5-6,8,12H2,1H3. The fourth-order valence-corrected chi connectivity index (χ4v) is 1.04. The van der Waals surface area contributed by atoms with Crippen molar-refractivity contribution in [2.45, 2.75) is 6.92 Å². The van der Waals surface area contributed by atoms with Crippen LogP contribution < -0.4 is 10.5 Å². The van der Waals surface area contributed by atoms with Gasteiger partial charge in [0.15, 0.2) is 5.78 Å². The highest BCUT2D eigenvalue weighted by molar-refractivity contribution is 5.76. The van der Waals surface area contributed by atoms with E-state index in [0.29, 0.717) is 24.7 Å². The lowest BCUT2D eigenvalue weighted by molar-refractivity contribution is -0.121. The molecular weight excluding hydrogens is 194 g/mol. The molecule has 0 unspecified atom stereocenters. The number of rotatable bonds is 6. The lowest BCUT2D eigenvalue weighted by atomic mass is 10.3. The number of carbonyl (C=O) groups excluding carboxylic acids is 1. The highest BCUT2D eigenvalue weighted by atomic mass is 16.5. The van der Waals surface area contributed by atoms with E-state index in [2.05, 4.69) is 0 Å². The molecule has 0 fully saturated rings. The molecule has 0 aliphatic heterocycles. The summed E-state index contributed by atoms with van der Waals surface area (Å²) < 4.78 is 10.4. The number of nitrogens with two attached hydrogens (primary N) is 1. The zero-order valence-electron chi connectivity index (χ0n) is 8.73. The molecule has 4 nitrogen and oxygen atoms in total. The van der Waals surface area contributed by atoms with Crippen LogP contribution in [0, 0.1) is 0 Å². The highest BCUT2D eigenvalue weighted by Crippen LogP contribution is 2.13. The van der Waals surface area contributed by atoms with Gasteiger partial charge in [-0.25, -0.2) is 0 Å². The predicted octanol–water partition coefficient (Wildman–Crippen LogP) is 1.25. The Morgan fingerprint density at radius 3 is 2.87 bits per heavy atom. The monoisotopic (exact) mass is 209 g/mol. The van der Waals surface area contributed by atoms with Gasteiger partial charge in [0.1, 0.15) is 19.0 Å². The first-order valence-corrected chi connectivity index (χ1v) is 4.74. The molecule has 0 aromatic heterocycles. The van der Waals surface area contributed by atoms with E-state index in [0.717, 1.165) is 0 Å². The summed E-state index contributed by atoms with van der Waals surface area (Å²) in [5, 5.41) is 0. The number of Topliss-reactive ketones (excluding diaryl/α,β-unsaturated/α-hetero) is 1. The highest BCUT2D eigenvalue weighted by Gasteiger charge is 1.95. The summed E-state index contributed by atoms with van der Waals surface area (Å²) in [6.45, 7) is 2.43. The number of hydrogen-bond donors (Lipinski definition) is 1. The normalized spacial score (nSPS) is 9.93. The third-order valence-electron chi connectivity index (χ3n) is 1.66. The van der Waals surface area contributed by atoms with E-state index in [-0.39, 0.29) is 12.4 Å². The van der Waals surface area contributed by atoms with Crippen LogP contribution in [0.25, 0.3) is 0 Å². The van der Waals surface area contributed by atoms with Crippen molar-refractivity contribution in [3.05, 3.63) is 24.3 Å². The molecule has 1 aromatic rings.